The van der Waals surface area contributed by atoms with E-state index < -0.39 is 0 Å². The van der Waals surface area contributed by atoms with Crippen LogP contribution in [0.4, 0.5) is 15.9 Å². The van der Waals surface area contributed by atoms with Crippen molar-refractivity contribution in [3.63, 3.8) is 0 Å². The van der Waals surface area contributed by atoms with Crippen LogP contribution in [0.25, 0.3) is 22.0 Å². The third kappa shape index (κ3) is 4.71. The SMILES string of the molecule is OCc1cc(-c2ccc3ncnc(Nc4ccc(OCc5cccc(F)c5)c(Cl)c4)c3c2)c[nH]1. The van der Waals surface area contributed by atoms with E-state index in [2.05, 4.69) is 20.3 Å². The molecule has 2 heterocycles. The highest BCUT2D eigenvalue weighted by atomic mass is 35.5. The van der Waals surface area contributed by atoms with Gasteiger partial charge >= 0.3 is 0 Å². The number of halogens is 2. The summed E-state index contributed by atoms with van der Waals surface area (Å²) in [6.07, 6.45) is 3.36. The van der Waals surface area contributed by atoms with Crippen LogP contribution in [0.5, 0.6) is 5.75 Å². The molecule has 0 bridgehead atoms. The molecule has 6 nitrogen and oxygen atoms in total. The molecule has 0 aliphatic rings. The van der Waals surface area contributed by atoms with Crippen LogP contribution < -0.4 is 10.1 Å². The Balaban J connectivity index is 1.38. The summed E-state index contributed by atoms with van der Waals surface area (Å²) in [4.78, 5) is 11.8. The number of benzene rings is 3. The first-order chi connectivity index (χ1) is 16.6. The van der Waals surface area contributed by atoms with E-state index >= 15 is 0 Å². The predicted octanol–water partition coefficient (Wildman–Crippen LogP) is 6.23. The average Bonchev–Trinajstić information content (AvgIpc) is 3.33. The zero-order chi connectivity index (χ0) is 23.5. The Morgan fingerprint density at radius 3 is 2.71 bits per heavy atom. The number of aromatic nitrogens is 3. The molecule has 0 radical (unpaired) electrons. The number of nitrogens with zero attached hydrogens (tertiary/aromatic N) is 2. The molecule has 0 spiro atoms. The van der Waals surface area contributed by atoms with Crippen molar-refractivity contribution >= 4 is 34.0 Å². The maximum absolute atomic E-state index is 13.4. The molecule has 2 aromatic heterocycles. The van der Waals surface area contributed by atoms with Gasteiger partial charge in [-0.25, -0.2) is 14.4 Å². The molecule has 0 fully saturated rings. The van der Waals surface area contributed by atoms with Gasteiger partial charge in [-0.05, 0) is 65.2 Å². The number of aliphatic hydroxyl groups is 1. The van der Waals surface area contributed by atoms with Crippen LogP contribution in [0.1, 0.15) is 11.3 Å². The summed E-state index contributed by atoms with van der Waals surface area (Å²) in [5.41, 5.74) is 4.92. The van der Waals surface area contributed by atoms with E-state index in [0.29, 0.717) is 16.6 Å². The van der Waals surface area contributed by atoms with E-state index in [-0.39, 0.29) is 19.0 Å². The number of rotatable bonds is 7. The molecule has 5 aromatic rings. The molecular formula is C26H20ClFN4O2. The Hall–Kier alpha value is -3.94. The molecule has 3 aromatic carbocycles. The number of hydrogen-bond donors (Lipinski definition) is 3. The topological polar surface area (TPSA) is 83.1 Å². The minimum Gasteiger partial charge on any atom is -0.487 e. The minimum atomic E-state index is -0.308. The molecule has 3 N–H and O–H groups in total. The van der Waals surface area contributed by atoms with E-state index in [1.165, 1.54) is 18.5 Å². The fourth-order valence-corrected chi connectivity index (χ4v) is 3.89. The number of H-pyrrole nitrogens is 1. The minimum absolute atomic E-state index is 0.0494. The van der Waals surface area contributed by atoms with E-state index in [1.54, 1.807) is 24.3 Å². The number of fused-ring (bicyclic) bond motifs is 1. The summed E-state index contributed by atoms with van der Waals surface area (Å²) in [5, 5.41) is 13.9. The van der Waals surface area contributed by atoms with E-state index in [9.17, 15) is 9.50 Å². The second kappa shape index (κ2) is 9.51. The Morgan fingerprint density at radius 1 is 1.00 bits per heavy atom. The molecule has 0 aliphatic heterocycles. The van der Waals surface area contributed by atoms with Crippen molar-refractivity contribution in [1.29, 1.82) is 0 Å². The molecule has 0 saturated carbocycles. The van der Waals surface area contributed by atoms with Gasteiger partial charge in [0.05, 0.1) is 17.1 Å². The molecule has 0 saturated heterocycles. The van der Waals surface area contributed by atoms with Crippen LogP contribution in [0.3, 0.4) is 0 Å². The average molecular weight is 475 g/mol. The normalized spacial score (nSPS) is 11.0. The molecule has 5 rings (SSSR count). The van der Waals surface area contributed by atoms with Gasteiger partial charge in [-0.3, -0.25) is 0 Å². The van der Waals surface area contributed by atoms with Crippen LogP contribution in [-0.4, -0.2) is 20.1 Å². The van der Waals surface area contributed by atoms with Gasteiger partial charge in [0, 0.05) is 23.0 Å². The zero-order valence-corrected chi connectivity index (χ0v) is 18.7. The van der Waals surface area contributed by atoms with Gasteiger partial charge in [0.1, 0.15) is 30.3 Å². The van der Waals surface area contributed by atoms with Crippen molar-refractivity contribution in [3.8, 4) is 16.9 Å². The van der Waals surface area contributed by atoms with Gasteiger partial charge in [-0.15, -0.1) is 0 Å². The lowest BCUT2D eigenvalue weighted by molar-refractivity contribution is 0.277. The van der Waals surface area contributed by atoms with Gasteiger partial charge in [0.2, 0.25) is 0 Å². The van der Waals surface area contributed by atoms with Gasteiger partial charge in [0.25, 0.3) is 0 Å². The van der Waals surface area contributed by atoms with Gasteiger partial charge in [-0.2, -0.15) is 0 Å². The maximum atomic E-state index is 13.4. The standard InChI is InChI=1S/C26H20ClFN4O2/c27-23-11-20(5-7-25(23)34-14-16-2-1-3-19(28)8-16)32-26-22-10-17(4-6-24(22)30-15-31-26)18-9-21(13-33)29-12-18/h1-12,15,29,33H,13-14H2,(H,30,31,32). The number of aliphatic hydroxyl groups excluding tert-OH is 1. The Labute approximate surface area is 200 Å². The summed E-state index contributed by atoms with van der Waals surface area (Å²) >= 11 is 6.44. The van der Waals surface area contributed by atoms with Crippen molar-refractivity contribution in [3.05, 3.63) is 101 Å². The summed E-state index contributed by atoms with van der Waals surface area (Å²) in [5.74, 6) is 0.824. The molecule has 8 heteroatoms. The third-order valence-corrected chi connectivity index (χ3v) is 5.66. The second-order valence-electron chi connectivity index (χ2n) is 7.71. The molecular weight excluding hydrogens is 455 g/mol. The fourth-order valence-electron chi connectivity index (χ4n) is 3.66. The zero-order valence-electron chi connectivity index (χ0n) is 17.9. The van der Waals surface area contributed by atoms with E-state index in [1.807, 2.05) is 36.5 Å². The van der Waals surface area contributed by atoms with E-state index in [4.69, 9.17) is 16.3 Å². The summed E-state index contributed by atoms with van der Waals surface area (Å²) < 4.78 is 19.1. The molecule has 0 unspecified atom stereocenters. The lowest BCUT2D eigenvalue weighted by Gasteiger charge is -2.12. The van der Waals surface area contributed by atoms with Gasteiger partial charge < -0.3 is 20.1 Å². The summed E-state index contributed by atoms with van der Waals surface area (Å²) in [6.45, 7) is 0.160. The highest BCUT2D eigenvalue weighted by molar-refractivity contribution is 6.32. The summed E-state index contributed by atoms with van der Waals surface area (Å²) in [7, 11) is 0. The molecule has 0 amide bonds. The molecule has 34 heavy (non-hydrogen) atoms. The predicted molar refractivity (Wildman–Crippen MR) is 131 cm³/mol. The van der Waals surface area contributed by atoms with Crippen molar-refractivity contribution in [1.82, 2.24) is 15.0 Å². The Morgan fingerprint density at radius 2 is 1.91 bits per heavy atom. The van der Waals surface area contributed by atoms with Gasteiger partial charge in [0.15, 0.2) is 0 Å². The first-order valence-corrected chi connectivity index (χ1v) is 10.9. The second-order valence-corrected chi connectivity index (χ2v) is 8.12. The number of aromatic amines is 1. The number of anilines is 2. The van der Waals surface area contributed by atoms with Crippen LogP contribution in [0.15, 0.2) is 79.3 Å². The Bertz CT molecular complexity index is 1470. The van der Waals surface area contributed by atoms with Crippen LogP contribution in [0.2, 0.25) is 5.02 Å². The summed E-state index contributed by atoms with van der Waals surface area (Å²) in [6, 6.07) is 19.4. The lowest BCUT2D eigenvalue weighted by atomic mass is 10.1. The first kappa shape index (κ1) is 21.9. The van der Waals surface area contributed by atoms with Crippen LogP contribution in [0, 0.1) is 5.82 Å². The van der Waals surface area contributed by atoms with Crippen molar-refractivity contribution in [2.75, 3.05) is 5.32 Å². The quantitative estimate of drug-likeness (QED) is 0.260. The van der Waals surface area contributed by atoms with Crippen molar-refractivity contribution in [2.45, 2.75) is 13.2 Å². The van der Waals surface area contributed by atoms with Crippen LogP contribution in [-0.2, 0) is 13.2 Å². The number of ether oxygens (including phenoxy) is 1. The van der Waals surface area contributed by atoms with Crippen LogP contribution >= 0.6 is 11.6 Å². The largest absolute Gasteiger partial charge is 0.487 e. The first-order valence-electron chi connectivity index (χ1n) is 10.6. The van der Waals surface area contributed by atoms with Crippen molar-refractivity contribution < 1.29 is 14.2 Å². The highest BCUT2D eigenvalue weighted by Gasteiger charge is 2.10. The molecule has 0 atom stereocenters. The highest BCUT2D eigenvalue weighted by Crippen LogP contribution is 2.32. The number of hydrogen-bond acceptors (Lipinski definition) is 5. The Kier molecular flexibility index (Phi) is 6.12. The smallest absolute Gasteiger partial charge is 0.141 e. The van der Waals surface area contributed by atoms with Crippen molar-refractivity contribution in [2.24, 2.45) is 0 Å². The molecule has 0 aliphatic carbocycles. The molecule has 170 valence electrons. The number of nitrogens with one attached hydrogen (secondary N) is 2. The fraction of sp³-hybridized carbons (Fsp3) is 0.0769. The van der Waals surface area contributed by atoms with E-state index in [0.717, 1.165) is 39.0 Å². The monoisotopic (exact) mass is 474 g/mol. The third-order valence-electron chi connectivity index (χ3n) is 5.36. The maximum Gasteiger partial charge on any atom is 0.141 e. The lowest BCUT2D eigenvalue weighted by Crippen LogP contribution is -1.98. The van der Waals surface area contributed by atoms with Gasteiger partial charge in [-0.1, -0.05) is 29.8 Å².